The summed E-state index contributed by atoms with van der Waals surface area (Å²) in [5.41, 5.74) is -0.643. The zero-order valence-corrected chi connectivity index (χ0v) is 11.8. The Morgan fingerprint density at radius 1 is 1.60 bits per heavy atom. The Bertz CT molecular complexity index is 512. The van der Waals surface area contributed by atoms with Crippen LogP contribution in [-0.2, 0) is 4.74 Å². The van der Waals surface area contributed by atoms with Gasteiger partial charge in [0.05, 0.1) is 28.5 Å². The quantitative estimate of drug-likeness (QED) is 0.458. The molecule has 0 aromatic heterocycles. The van der Waals surface area contributed by atoms with Gasteiger partial charge in [-0.1, -0.05) is 0 Å². The fourth-order valence-electron chi connectivity index (χ4n) is 1.61. The number of methoxy groups -OCH3 is 1. The summed E-state index contributed by atoms with van der Waals surface area (Å²) in [4.78, 5) is 23.0. The number of nitro benzene ring substituents is 1. The topological polar surface area (TPSA) is 72.7 Å². The maximum Gasteiger partial charge on any atom is 0.272 e. The van der Waals surface area contributed by atoms with Gasteiger partial charge < -0.3 is 9.64 Å². The molecule has 0 saturated carbocycles. The lowest BCUT2D eigenvalue weighted by Crippen LogP contribution is -2.34. The van der Waals surface area contributed by atoms with Gasteiger partial charge in [0.25, 0.3) is 11.6 Å². The molecule has 0 fully saturated rings. The highest BCUT2D eigenvalue weighted by atomic mass is 35.5. The number of nitrogens with zero attached hydrogens (tertiary/aromatic N) is 2. The second-order valence-electron chi connectivity index (χ2n) is 4.16. The number of hydrogen-bond donors (Lipinski definition) is 0. The first-order valence-corrected chi connectivity index (χ1v) is 6.13. The molecule has 20 heavy (non-hydrogen) atoms. The summed E-state index contributed by atoms with van der Waals surface area (Å²) in [5.74, 6) is -1.53. The molecule has 1 atom stereocenters. The van der Waals surface area contributed by atoms with Gasteiger partial charge in [0.15, 0.2) is 0 Å². The summed E-state index contributed by atoms with van der Waals surface area (Å²) in [6.07, 6.45) is 0. The van der Waals surface area contributed by atoms with Crippen LogP contribution >= 0.6 is 11.6 Å². The van der Waals surface area contributed by atoms with Crippen LogP contribution in [0, 0.1) is 15.9 Å². The van der Waals surface area contributed by atoms with Crippen LogP contribution in [0.4, 0.5) is 10.1 Å². The van der Waals surface area contributed by atoms with Gasteiger partial charge in [0.1, 0.15) is 5.82 Å². The lowest BCUT2D eigenvalue weighted by atomic mass is 10.1. The van der Waals surface area contributed by atoms with E-state index in [9.17, 15) is 19.3 Å². The maximum absolute atomic E-state index is 13.7. The van der Waals surface area contributed by atoms with Crippen molar-refractivity contribution in [3.05, 3.63) is 39.7 Å². The number of alkyl halides is 1. The predicted octanol–water partition coefficient (Wildman–Crippen LogP) is 2.06. The van der Waals surface area contributed by atoms with Crippen molar-refractivity contribution in [2.45, 2.75) is 5.38 Å². The van der Waals surface area contributed by atoms with Crippen LogP contribution in [0.2, 0.25) is 0 Å². The minimum absolute atomic E-state index is 0.171. The van der Waals surface area contributed by atoms with Crippen molar-refractivity contribution >= 4 is 23.2 Å². The Labute approximate surface area is 120 Å². The number of carbonyl (C=O) groups is 1. The number of rotatable bonds is 6. The summed E-state index contributed by atoms with van der Waals surface area (Å²) in [5, 5.41) is 10.1. The Balaban J connectivity index is 2.84. The molecule has 0 aliphatic heterocycles. The van der Waals surface area contributed by atoms with Crippen LogP contribution in [-0.4, -0.2) is 48.4 Å². The van der Waals surface area contributed by atoms with E-state index in [2.05, 4.69) is 0 Å². The van der Waals surface area contributed by atoms with Gasteiger partial charge in [-0.3, -0.25) is 14.9 Å². The molecule has 0 radical (unpaired) electrons. The van der Waals surface area contributed by atoms with Crippen LogP contribution in [0.3, 0.4) is 0 Å². The molecule has 0 saturated heterocycles. The molecule has 1 rings (SSSR count). The lowest BCUT2D eigenvalue weighted by molar-refractivity contribution is -0.385. The van der Waals surface area contributed by atoms with Gasteiger partial charge >= 0.3 is 0 Å². The Morgan fingerprint density at radius 2 is 2.25 bits per heavy atom. The van der Waals surface area contributed by atoms with E-state index in [0.717, 1.165) is 12.1 Å². The maximum atomic E-state index is 13.7. The largest absolute Gasteiger partial charge is 0.383 e. The third kappa shape index (κ3) is 4.14. The molecule has 1 aromatic rings. The molecule has 0 N–H and O–H groups in total. The van der Waals surface area contributed by atoms with Gasteiger partial charge in [0.2, 0.25) is 0 Å². The monoisotopic (exact) mass is 304 g/mol. The third-order valence-corrected chi connectivity index (χ3v) is 2.82. The van der Waals surface area contributed by atoms with Gasteiger partial charge in [-0.05, 0) is 6.07 Å². The molecule has 6 nitrogen and oxygen atoms in total. The van der Waals surface area contributed by atoms with Crippen molar-refractivity contribution in [1.29, 1.82) is 0 Å². The average Bonchev–Trinajstić information content (AvgIpc) is 2.37. The van der Waals surface area contributed by atoms with Crippen molar-refractivity contribution in [2.75, 3.05) is 27.3 Å². The smallest absolute Gasteiger partial charge is 0.272 e. The fraction of sp³-hybridized carbons (Fsp3) is 0.417. The van der Waals surface area contributed by atoms with Crippen molar-refractivity contribution in [2.24, 2.45) is 0 Å². The van der Waals surface area contributed by atoms with Crippen molar-refractivity contribution in [3.8, 4) is 0 Å². The zero-order chi connectivity index (χ0) is 15.3. The normalized spacial score (nSPS) is 12.0. The van der Waals surface area contributed by atoms with Crippen molar-refractivity contribution in [3.63, 3.8) is 0 Å². The molecule has 8 heteroatoms. The molecule has 1 aromatic carbocycles. The van der Waals surface area contributed by atoms with Gasteiger partial charge in [-0.2, -0.15) is 0 Å². The number of carbonyl (C=O) groups excluding carboxylic acids is 1. The lowest BCUT2D eigenvalue weighted by Gasteiger charge is -2.20. The summed E-state index contributed by atoms with van der Waals surface area (Å²) in [6.45, 7) is 0.423. The van der Waals surface area contributed by atoms with Crippen LogP contribution in [0.5, 0.6) is 0 Å². The van der Waals surface area contributed by atoms with Gasteiger partial charge in [-0.15, -0.1) is 11.6 Å². The highest BCUT2D eigenvalue weighted by Gasteiger charge is 2.20. The molecule has 110 valence electrons. The Morgan fingerprint density at radius 3 is 2.75 bits per heavy atom. The number of nitro groups is 1. The zero-order valence-electron chi connectivity index (χ0n) is 11.0. The standard InChI is InChI=1S/C12H14ClFN2O4/c1-15(6-8(13)7-20-2)12(17)10-4-3-9(16(18)19)5-11(10)14/h3-5,8H,6-7H2,1-2H3. The van der Waals surface area contributed by atoms with E-state index in [4.69, 9.17) is 16.3 Å². The summed E-state index contributed by atoms with van der Waals surface area (Å²) >= 11 is 5.91. The van der Waals surface area contributed by atoms with Crippen LogP contribution in [0.1, 0.15) is 10.4 Å². The molecular formula is C12H14ClFN2O4. The molecule has 0 aliphatic rings. The van der Waals surface area contributed by atoms with Crippen LogP contribution in [0.25, 0.3) is 0 Å². The van der Waals surface area contributed by atoms with E-state index >= 15 is 0 Å². The van der Waals surface area contributed by atoms with E-state index in [1.165, 1.54) is 19.1 Å². The number of ether oxygens (including phenoxy) is 1. The summed E-state index contributed by atoms with van der Waals surface area (Å²) < 4.78 is 18.5. The van der Waals surface area contributed by atoms with E-state index in [1.54, 1.807) is 0 Å². The second kappa shape index (κ2) is 7.16. The molecule has 0 heterocycles. The first-order valence-electron chi connectivity index (χ1n) is 5.69. The predicted molar refractivity (Wildman–Crippen MR) is 71.5 cm³/mol. The number of hydrogen-bond acceptors (Lipinski definition) is 4. The molecule has 0 bridgehead atoms. The number of benzene rings is 1. The average molecular weight is 305 g/mol. The Hall–Kier alpha value is -1.73. The summed E-state index contributed by atoms with van der Waals surface area (Å²) in [7, 11) is 2.95. The molecular weight excluding hydrogens is 291 g/mol. The minimum atomic E-state index is -0.936. The SMILES string of the molecule is COCC(Cl)CN(C)C(=O)c1ccc([N+](=O)[O-])cc1F. The van der Waals surface area contributed by atoms with Gasteiger partial charge in [0, 0.05) is 26.8 Å². The van der Waals surface area contributed by atoms with Crippen LogP contribution < -0.4 is 0 Å². The van der Waals surface area contributed by atoms with E-state index < -0.39 is 27.7 Å². The Kier molecular flexibility index (Phi) is 5.84. The molecule has 0 spiro atoms. The molecule has 1 unspecified atom stereocenters. The third-order valence-electron chi connectivity index (χ3n) is 2.56. The van der Waals surface area contributed by atoms with E-state index in [1.807, 2.05) is 0 Å². The van der Waals surface area contributed by atoms with Crippen molar-refractivity contribution < 1.29 is 18.8 Å². The van der Waals surface area contributed by atoms with Crippen molar-refractivity contribution in [1.82, 2.24) is 4.90 Å². The van der Waals surface area contributed by atoms with E-state index in [0.29, 0.717) is 6.07 Å². The number of amides is 1. The fourth-order valence-corrected chi connectivity index (χ4v) is 1.94. The first-order chi connectivity index (χ1) is 9.36. The van der Waals surface area contributed by atoms with E-state index in [-0.39, 0.29) is 18.7 Å². The number of non-ortho nitro benzene ring substituents is 1. The van der Waals surface area contributed by atoms with Gasteiger partial charge in [-0.25, -0.2) is 4.39 Å². The molecule has 0 aliphatic carbocycles. The summed E-state index contributed by atoms with van der Waals surface area (Å²) in [6, 6.07) is 2.89. The molecule has 1 amide bonds. The first kappa shape index (κ1) is 16.3. The second-order valence-corrected chi connectivity index (χ2v) is 4.78. The highest BCUT2D eigenvalue weighted by molar-refractivity contribution is 6.21. The minimum Gasteiger partial charge on any atom is -0.383 e. The number of halogens is 2. The van der Waals surface area contributed by atoms with Crippen LogP contribution in [0.15, 0.2) is 18.2 Å². The highest BCUT2D eigenvalue weighted by Crippen LogP contribution is 2.18.